The van der Waals surface area contributed by atoms with Crippen LogP contribution < -0.4 is 10.5 Å². The van der Waals surface area contributed by atoms with E-state index in [0.29, 0.717) is 6.42 Å². The van der Waals surface area contributed by atoms with Gasteiger partial charge in [0.25, 0.3) is 15.9 Å². The number of benzene rings is 1. The Kier molecular flexibility index (Phi) is 4.38. The van der Waals surface area contributed by atoms with Crippen molar-refractivity contribution in [1.29, 1.82) is 0 Å². The monoisotopic (exact) mass is 382 g/mol. The number of sulfonamides is 1. The maximum atomic E-state index is 13.5. The van der Waals surface area contributed by atoms with Crippen LogP contribution in [0.15, 0.2) is 35.2 Å². The van der Waals surface area contributed by atoms with Crippen LogP contribution in [0.4, 0.5) is 4.39 Å². The zero-order valence-corrected chi connectivity index (χ0v) is 14.8. The topological polar surface area (TPSA) is 106 Å². The number of thiophene rings is 1. The molecular formula is C16H15FN2O4S2. The van der Waals surface area contributed by atoms with E-state index in [-0.39, 0.29) is 10.8 Å². The van der Waals surface area contributed by atoms with Gasteiger partial charge in [-0.1, -0.05) is 0 Å². The van der Waals surface area contributed by atoms with Crippen molar-refractivity contribution in [2.24, 2.45) is 11.7 Å². The fraction of sp³-hybridized carbons (Fsp3) is 0.250. The third-order valence-corrected chi connectivity index (χ3v) is 6.48. The molecule has 2 unspecified atom stereocenters. The number of halogens is 1. The number of carbonyl (C=O) groups excluding carboxylic acids is 2. The van der Waals surface area contributed by atoms with Crippen LogP contribution in [0.25, 0.3) is 0 Å². The van der Waals surface area contributed by atoms with Crippen LogP contribution in [-0.4, -0.2) is 20.2 Å². The quantitative estimate of drug-likeness (QED) is 0.824. The van der Waals surface area contributed by atoms with Crippen LogP contribution in [0.2, 0.25) is 0 Å². The summed E-state index contributed by atoms with van der Waals surface area (Å²) >= 11 is 1.58. The van der Waals surface area contributed by atoms with Crippen molar-refractivity contribution in [2.75, 3.05) is 0 Å². The number of nitrogens with one attached hydrogen (secondary N) is 1. The molecule has 2 aromatic rings. The summed E-state index contributed by atoms with van der Waals surface area (Å²) in [6.45, 7) is 1.96. The van der Waals surface area contributed by atoms with Gasteiger partial charge in [-0.2, -0.15) is 0 Å². The highest BCUT2D eigenvalue weighted by atomic mass is 32.2. The number of hydrogen-bond donors (Lipinski definition) is 2. The molecule has 1 heterocycles. The summed E-state index contributed by atoms with van der Waals surface area (Å²) in [6, 6.07) is 6.51. The molecule has 9 heteroatoms. The molecule has 3 rings (SSSR count). The van der Waals surface area contributed by atoms with Gasteiger partial charge in [-0.15, -0.1) is 11.3 Å². The van der Waals surface area contributed by atoms with Gasteiger partial charge in [-0.05, 0) is 43.7 Å². The van der Waals surface area contributed by atoms with E-state index in [4.69, 9.17) is 5.73 Å². The van der Waals surface area contributed by atoms with Crippen molar-refractivity contribution < 1.29 is 22.4 Å². The molecular weight excluding hydrogens is 367 g/mol. The average molecular weight is 382 g/mol. The molecule has 0 saturated heterocycles. The first kappa shape index (κ1) is 17.6. The third-order valence-electron chi connectivity index (χ3n) is 4.00. The minimum atomic E-state index is -4.21. The van der Waals surface area contributed by atoms with E-state index in [1.54, 1.807) is 11.3 Å². The molecule has 0 aliphatic heterocycles. The number of hydrogen-bond acceptors (Lipinski definition) is 5. The Labute approximate surface area is 147 Å². The summed E-state index contributed by atoms with van der Waals surface area (Å²) in [5.41, 5.74) is 4.46. The fourth-order valence-electron chi connectivity index (χ4n) is 2.58. The van der Waals surface area contributed by atoms with Crippen LogP contribution in [0.1, 0.15) is 32.5 Å². The van der Waals surface area contributed by atoms with Crippen LogP contribution >= 0.6 is 11.3 Å². The molecule has 132 valence electrons. The highest BCUT2D eigenvalue weighted by Crippen LogP contribution is 2.49. The first-order valence-corrected chi connectivity index (χ1v) is 9.71. The van der Waals surface area contributed by atoms with Crippen LogP contribution in [0, 0.1) is 18.7 Å². The lowest BCUT2D eigenvalue weighted by atomic mass is 10.2. The normalized spacial score (nSPS) is 19.4. The molecule has 0 bridgehead atoms. The van der Waals surface area contributed by atoms with E-state index in [0.717, 1.165) is 28.0 Å². The molecule has 6 nitrogen and oxygen atoms in total. The second-order valence-corrected chi connectivity index (χ2v) is 8.87. The molecule has 2 atom stereocenters. The second-order valence-electron chi connectivity index (χ2n) is 5.87. The molecule has 1 aromatic heterocycles. The first-order chi connectivity index (χ1) is 11.7. The summed E-state index contributed by atoms with van der Waals surface area (Å²) < 4.78 is 40.1. The Balaban J connectivity index is 1.75. The maximum absolute atomic E-state index is 13.5. The van der Waals surface area contributed by atoms with Gasteiger partial charge in [-0.3, -0.25) is 9.59 Å². The minimum absolute atomic E-state index is 0.0169. The van der Waals surface area contributed by atoms with Gasteiger partial charge in [0.05, 0.1) is 10.5 Å². The molecule has 0 radical (unpaired) electrons. The van der Waals surface area contributed by atoms with Gasteiger partial charge in [0, 0.05) is 21.6 Å². The van der Waals surface area contributed by atoms with Crippen molar-refractivity contribution in [2.45, 2.75) is 24.2 Å². The van der Waals surface area contributed by atoms with Crippen LogP contribution in [-0.2, 0) is 14.8 Å². The molecule has 1 aliphatic carbocycles. The Morgan fingerprint density at radius 1 is 1.28 bits per heavy atom. The lowest BCUT2D eigenvalue weighted by molar-refractivity contribution is -0.120. The highest BCUT2D eigenvalue weighted by molar-refractivity contribution is 7.90. The predicted octanol–water partition coefficient (Wildman–Crippen LogP) is 1.90. The lowest BCUT2D eigenvalue weighted by Gasteiger charge is -2.08. The van der Waals surface area contributed by atoms with Gasteiger partial charge in [-0.25, -0.2) is 17.5 Å². The lowest BCUT2D eigenvalue weighted by Crippen LogP contribution is -2.32. The summed E-state index contributed by atoms with van der Waals surface area (Å²) in [5, 5.41) is 0. The zero-order valence-electron chi connectivity index (χ0n) is 13.2. The fourth-order valence-corrected chi connectivity index (χ4v) is 4.69. The Morgan fingerprint density at radius 3 is 2.60 bits per heavy atom. The van der Waals surface area contributed by atoms with E-state index < -0.39 is 39.1 Å². The number of aryl methyl sites for hydroxylation is 1. The predicted molar refractivity (Wildman–Crippen MR) is 90.2 cm³/mol. The van der Waals surface area contributed by atoms with Gasteiger partial charge in [0.15, 0.2) is 0 Å². The number of carbonyl (C=O) groups is 2. The number of nitrogens with two attached hydrogens (primary N) is 1. The van der Waals surface area contributed by atoms with Crippen LogP contribution in [0.3, 0.4) is 0 Å². The van der Waals surface area contributed by atoms with Gasteiger partial charge >= 0.3 is 0 Å². The molecule has 0 spiro atoms. The Hall–Kier alpha value is -2.26. The SMILES string of the molecule is Cc1ccc(C2CC2C(=O)NS(=O)(=O)c2ccc(F)c(C(N)=O)c2)s1. The third kappa shape index (κ3) is 3.57. The maximum Gasteiger partial charge on any atom is 0.264 e. The summed E-state index contributed by atoms with van der Waals surface area (Å²) in [7, 11) is -4.21. The van der Waals surface area contributed by atoms with E-state index >= 15 is 0 Å². The number of rotatable bonds is 5. The molecule has 1 saturated carbocycles. The van der Waals surface area contributed by atoms with Gasteiger partial charge in [0.1, 0.15) is 5.82 Å². The van der Waals surface area contributed by atoms with E-state index in [1.165, 1.54) is 0 Å². The average Bonchev–Trinajstić information content (AvgIpc) is 3.22. The standard InChI is InChI=1S/C16H15FN2O4S2/c1-8-2-5-14(24-8)10-7-11(10)16(21)19-25(22,23)9-3-4-13(17)12(6-9)15(18)20/h2-6,10-11H,7H2,1H3,(H2,18,20)(H,19,21). The summed E-state index contributed by atoms with van der Waals surface area (Å²) in [4.78, 5) is 25.1. The van der Waals surface area contributed by atoms with Gasteiger partial charge < -0.3 is 5.73 Å². The molecule has 3 N–H and O–H groups in total. The van der Waals surface area contributed by atoms with Crippen molar-refractivity contribution in [3.63, 3.8) is 0 Å². The summed E-state index contributed by atoms with van der Waals surface area (Å²) in [6.07, 6.45) is 0.581. The molecule has 1 aromatic carbocycles. The van der Waals surface area contributed by atoms with Crippen LogP contribution in [0.5, 0.6) is 0 Å². The van der Waals surface area contributed by atoms with Crippen molar-refractivity contribution in [1.82, 2.24) is 4.72 Å². The van der Waals surface area contributed by atoms with E-state index in [2.05, 4.69) is 0 Å². The second kappa shape index (κ2) is 6.23. The zero-order chi connectivity index (χ0) is 18.4. The molecule has 25 heavy (non-hydrogen) atoms. The number of amides is 2. The van der Waals surface area contributed by atoms with Crippen molar-refractivity contribution in [3.05, 3.63) is 51.5 Å². The first-order valence-electron chi connectivity index (χ1n) is 7.41. The van der Waals surface area contributed by atoms with Crippen molar-refractivity contribution >= 4 is 33.2 Å². The Morgan fingerprint density at radius 2 is 2.00 bits per heavy atom. The molecule has 2 amide bonds. The molecule has 1 fully saturated rings. The largest absolute Gasteiger partial charge is 0.366 e. The Bertz CT molecular complexity index is 968. The summed E-state index contributed by atoms with van der Waals surface area (Å²) in [5.74, 6) is -3.02. The minimum Gasteiger partial charge on any atom is -0.366 e. The molecule has 1 aliphatic rings. The smallest absolute Gasteiger partial charge is 0.264 e. The van der Waals surface area contributed by atoms with Gasteiger partial charge in [0.2, 0.25) is 5.91 Å². The number of primary amides is 1. The highest BCUT2D eigenvalue weighted by Gasteiger charge is 2.45. The van der Waals surface area contributed by atoms with E-state index in [1.807, 2.05) is 23.8 Å². The van der Waals surface area contributed by atoms with Crippen molar-refractivity contribution in [3.8, 4) is 0 Å². The van der Waals surface area contributed by atoms with E-state index in [9.17, 15) is 22.4 Å².